The molecule has 0 N–H and O–H groups in total. The smallest absolute Gasteiger partial charge is 0.264 e. The molecule has 0 spiro atoms. The first-order chi connectivity index (χ1) is 13.4. The Bertz CT molecular complexity index is 1050. The Hall–Kier alpha value is -2.78. The van der Waals surface area contributed by atoms with Crippen molar-refractivity contribution in [2.45, 2.75) is 24.8 Å². The second kappa shape index (κ2) is 8.49. The molecule has 2 aromatic carbocycles. The van der Waals surface area contributed by atoms with E-state index >= 15 is 0 Å². The number of rotatable bonds is 8. The lowest BCUT2D eigenvalue weighted by atomic mass is 10.2. The van der Waals surface area contributed by atoms with Crippen LogP contribution in [0.15, 0.2) is 57.9 Å². The number of nitrogens with zero attached hydrogens (tertiary/aromatic N) is 3. The van der Waals surface area contributed by atoms with Crippen molar-refractivity contribution >= 4 is 10.0 Å². The molecular weight excluding hydrogens is 385 g/mol. The molecule has 0 aliphatic rings. The van der Waals surface area contributed by atoms with Crippen molar-refractivity contribution in [1.29, 1.82) is 0 Å². The molecule has 0 fully saturated rings. The number of likely N-dealkylation sites (N-methyl/N-ethyl adjacent to an activating group) is 1. The average molecular weight is 405 g/mol. The Morgan fingerprint density at radius 3 is 2.61 bits per heavy atom. The minimum Gasteiger partial charge on any atom is -0.483 e. The standard InChI is InChI=1S/C19H20FN3O4S/c1-14-7-3-5-9-16(14)26-13-19-21-18(22-27-19)11-12-23(2)28(24,25)17-10-6-4-8-15(17)20/h3-10H,11-13H2,1-2H3. The zero-order chi connectivity index (χ0) is 20.1. The zero-order valence-corrected chi connectivity index (χ0v) is 16.3. The number of ether oxygens (including phenoxy) is 1. The molecule has 0 aliphatic carbocycles. The molecule has 0 atom stereocenters. The van der Waals surface area contributed by atoms with E-state index in [-0.39, 0.29) is 30.4 Å². The van der Waals surface area contributed by atoms with Gasteiger partial charge in [0.25, 0.3) is 5.89 Å². The summed E-state index contributed by atoms with van der Waals surface area (Å²) in [5.41, 5.74) is 0.988. The van der Waals surface area contributed by atoms with E-state index in [1.807, 2.05) is 31.2 Å². The Balaban J connectivity index is 1.58. The fourth-order valence-electron chi connectivity index (χ4n) is 2.51. The molecule has 1 aromatic heterocycles. The molecule has 0 unspecified atom stereocenters. The Kier molecular flexibility index (Phi) is 6.05. The molecule has 28 heavy (non-hydrogen) atoms. The number of para-hydroxylation sites is 1. The molecule has 148 valence electrons. The normalized spacial score (nSPS) is 11.7. The molecule has 0 aliphatic heterocycles. The SMILES string of the molecule is Cc1ccccc1OCc1nc(CCN(C)S(=O)(=O)c2ccccc2F)no1. The summed E-state index contributed by atoms with van der Waals surface area (Å²) in [6.45, 7) is 2.12. The molecule has 9 heteroatoms. The highest BCUT2D eigenvalue weighted by molar-refractivity contribution is 7.89. The number of aromatic nitrogens is 2. The van der Waals surface area contributed by atoms with Gasteiger partial charge in [-0.05, 0) is 30.7 Å². The second-order valence-electron chi connectivity index (χ2n) is 6.17. The maximum Gasteiger partial charge on any atom is 0.264 e. The molecule has 0 bridgehead atoms. The maximum absolute atomic E-state index is 13.8. The van der Waals surface area contributed by atoms with E-state index < -0.39 is 15.8 Å². The summed E-state index contributed by atoms with van der Waals surface area (Å²) in [5, 5.41) is 3.83. The van der Waals surface area contributed by atoms with Gasteiger partial charge < -0.3 is 9.26 Å². The molecule has 0 saturated heterocycles. The summed E-state index contributed by atoms with van der Waals surface area (Å²) in [6.07, 6.45) is 0.220. The van der Waals surface area contributed by atoms with E-state index in [0.717, 1.165) is 21.7 Å². The van der Waals surface area contributed by atoms with Crippen LogP contribution in [-0.4, -0.2) is 36.5 Å². The first kappa shape index (κ1) is 20.0. The molecule has 3 rings (SSSR count). The molecule has 0 saturated carbocycles. The van der Waals surface area contributed by atoms with Crippen LogP contribution in [-0.2, 0) is 23.1 Å². The molecule has 3 aromatic rings. The van der Waals surface area contributed by atoms with Crippen LogP contribution in [0.3, 0.4) is 0 Å². The first-order valence-electron chi connectivity index (χ1n) is 8.58. The fourth-order valence-corrected chi connectivity index (χ4v) is 3.74. The summed E-state index contributed by atoms with van der Waals surface area (Å²) >= 11 is 0. The lowest BCUT2D eigenvalue weighted by Crippen LogP contribution is -2.29. The van der Waals surface area contributed by atoms with E-state index in [9.17, 15) is 12.8 Å². The minimum atomic E-state index is -3.94. The van der Waals surface area contributed by atoms with Crippen LogP contribution in [0, 0.1) is 12.7 Å². The highest BCUT2D eigenvalue weighted by Crippen LogP contribution is 2.19. The van der Waals surface area contributed by atoms with Crippen molar-refractivity contribution in [2.75, 3.05) is 13.6 Å². The van der Waals surface area contributed by atoms with Gasteiger partial charge in [-0.3, -0.25) is 0 Å². The third-order valence-corrected chi connectivity index (χ3v) is 6.02. The number of benzene rings is 2. The van der Waals surface area contributed by atoms with E-state index in [1.165, 1.54) is 25.2 Å². The summed E-state index contributed by atoms with van der Waals surface area (Å²) in [6, 6.07) is 12.8. The van der Waals surface area contributed by atoms with Crippen molar-refractivity contribution in [1.82, 2.24) is 14.4 Å². The van der Waals surface area contributed by atoms with Gasteiger partial charge in [-0.15, -0.1) is 0 Å². The molecule has 1 heterocycles. The summed E-state index contributed by atoms with van der Waals surface area (Å²) in [7, 11) is -2.56. The van der Waals surface area contributed by atoms with Gasteiger partial charge in [0.1, 0.15) is 16.5 Å². The maximum atomic E-state index is 13.8. The van der Waals surface area contributed by atoms with E-state index in [2.05, 4.69) is 10.1 Å². The van der Waals surface area contributed by atoms with E-state index in [4.69, 9.17) is 9.26 Å². The second-order valence-corrected chi connectivity index (χ2v) is 8.18. The van der Waals surface area contributed by atoms with E-state index in [1.54, 1.807) is 0 Å². The van der Waals surface area contributed by atoms with Crippen LogP contribution >= 0.6 is 0 Å². The van der Waals surface area contributed by atoms with Gasteiger partial charge in [0.15, 0.2) is 12.4 Å². The van der Waals surface area contributed by atoms with Crippen molar-refractivity contribution in [2.24, 2.45) is 0 Å². The van der Waals surface area contributed by atoms with Crippen molar-refractivity contribution < 1.29 is 22.1 Å². The molecular formula is C19H20FN3O4S. The quantitative estimate of drug-likeness (QED) is 0.573. The highest BCUT2D eigenvalue weighted by atomic mass is 32.2. The first-order valence-corrected chi connectivity index (χ1v) is 10.0. The van der Waals surface area contributed by atoms with Crippen LogP contribution in [0.1, 0.15) is 17.3 Å². The largest absolute Gasteiger partial charge is 0.483 e. The predicted octanol–water partition coefficient (Wildman–Crippen LogP) is 2.96. The van der Waals surface area contributed by atoms with Crippen LogP contribution in [0.4, 0.5) is 4.39 Å². The summed E-state index contributed by atoms with van der Waals surface area (Å²) in [5.74, 6) is 0.569. The molecule has 0 radical (unpaired) electrons. The average Bonchev–Trinajstić information content (AvgIpc) is 3.13. The van der Waals surface area contributed by atoms with Crippen molar-refractivity contribution in [3.8, 4) is 5.75 Å². The monoisotopic (exact) mass is 405 g/mol. The van der Waals surface area contributed by atoms with Crippen molar-refractivity contribution in [3.05, 3.63) is 71.6 Å². The predicted molar refractivity (Wildman–Crippen MR) is 99.7 cm³/mol. The number of aryl methyl sites for hydroxylation is 1. The van der Waals surface area contributed by atoms with Crippen LogP contribution in [0.5, 0.6) is 5.75 Å². The van der Waals surface area contributed by atoms with Gasteiger partial charge in [0.05, 0.1) is 0 Å². The third-order valence-electron chi connectivity index (χ3n) is 4.13. The lowest BCUT2D eigenvalue weighted by Gasteiger charge is -2.16. The van der Waals surface area contributed by atoms with Crippen LogP contribution in [0.25, 0.3) is 0 Å². The lowest BCUT2D eigenvalue weighted by molar-refractivity contribution is 0.241. The number of sulfonamides is 1. The number of hydrogen-bond donors (Lipinski definition) is 0. The summed E-state index contributed by atoms with van der Waals surface area (Å²) in [4.78, 5) is 3.84. The minimum absolute atomic E-state index is 0.0777. The molecule has 0 amide bonds. The summed E-state index contributed by atoms with van der Waals surface area (Å²) < 4.78 is 50.6. The Morgan fingerprint density at radius 1 is 1.14 bits per heavy atom. The number of hydrogen-bond acceptors (Lipinski definition) is 6. The van der Waals surface area contributed by atoms with Gasteiger partial charge in [0, 0.05) is 20.0 Å². The van der Waals surface area contributed by atoms with Crippen LogP contribution in [0.2, 0.25) is 0 Å². The van der Waals surface area contributed by atoms with Crippen molar-refractivity contribution in [3.63, 3.8) is 0 Å². The van der Waals surface area contributed by atoms with Gasteiger partial charge >= 0.3 is 0 Å². The van der Waals surface area contributed by atoms with Gasteiger partial charge in [-0.2, -0.15) is 4.98 Å². The zero-order valence-electron chi connectivity index (χ0n) is 15.5. The fraction of sp³-hybridized carbons (Fsp3) is 0.263. The topological polar surface area (TPSA) is 85.5 Å². The third kappa shape index (κ3) is 4.55. The Morgan fingerprint density at radius 2 is 1.86 bits per heavy atom. The van der Waals surface area contributed by atoms with Crippen LogP contribution < -0.4 is 4.74 Å². The van der Waals surface area contributed by atoms with Gasteiger partial charge in [0.2, 0.25) is 10.0 Å². The highest BCUT2D eigenvalue weighted by Gasteiger charge is 2.24. The Labute approximate surface area is 162 Å². The molecule has 7 nitrogen and oxygen atoms in total. The number of halogens is 1. The van der Waals surface area contributed by atoms with E-state index in [0.29, 0.717) is 5.82 Å². The van der Waals surface area contributed by atoms with Gasteiger partial charge in [-0.25, -0.2) is 17.1 Å². The van der Waals surface area contributed by atoms with Gasteiger partial charge in [-0.1, -0.05) is 35.5 Å².